The Morgan fingerprint density at radius 2 is 2.15 bits per heavy atom. The zero-order valence-electron chi connectivity index (χ0n) is 11.3. The fraction of sp³-hybridized carbons (Fsp3) is 0.385. The van der Waals surface area contributed by atoms with Gasteiger partial charge in [-0.2, -0.15) is 4.98 Å². The number of fused-ring (bicyclic) bond motifs is 1. The van der Waals surface area contributed by atoms with Crippen molar-refractivity contribution in [3.05, 3.63) is 24.3 Å². The predicted molar refractivity (Wildman–Crippen MR) is 78.3 cm³/mol. The summed E-state index contributed by atoms with van der Waals surface area (Å²) < 4.78 is 5.14. The number of aliphatic hydroxyl groups is 1. The molecule has 108 valence electrons. The molecule has 2 rings (SSSR count). The monoisotopic (exact) mass is 277 g/mol. The van der Waals surface area contributed by atoms with Gasteiger partial charge in [-0.3, -0.25) is 5.43 Å². The van der Waals surface area contributed by atoms with Crippen LogP contribution in [0.4, 0.5) is 11.8 Å². The lowest BCUT2D eigenvalue weighted by Crippen LogP contribution is -2.27. The number of benzene rings is 1. The minimum Gasteiger partial charge on any atom is -0.396 e. The second-order valence-electron chi connectivity index (χ2n) is 4.37. The Hall–Kier alpha value is -1.96. The van der Waals surface area contributed by atoms with Gasteiger partial charge in [-0.15, -0.1) is 0 Å². The van der Waals surface area contributed by atoms with Gasteiger partial charge in [-0.25, -0.2) is 10.8 Å². The molecule has 0 radical (unpaired) electrons. The molecule has 1 unspecified atom stereocenters. The Morgan fingerprint density at radius 1 is 1.35 bits per heavy atom. The molecule has 7 heteroatoms. The molecule has 0 bridgehead atoms. The molecule has 0 aliphatic rings. The van der Waals surface area contributed by atoms with Crippen molar-refractivity contribution in [2.45, 2.75) is 12.5 Å². The number of methoxy groups -OCH3 is 1. The zero-order valence-corrected chi connectivity index (χ0v) is 11.3. The fourth-order valence-corrected chi connectivity index (χ4v) is 2.00. The minimum atomic E-state index is -0.0334. The van der Waals surface area contributed by atoms with Crippen LogP contribution in [0.2, 0.25) is 0 Å². The van der Waals surface area contributed by atoms with Crippen molar-refractivity contribution < 1.29 is 9.84 Å². The van der Waals surface area contributed by atoms with Crippen LogP contribution >= 0.6 is 0 Å². The molecular formula is C13H19N5O2. The third kappa shape index (κ3) is 3.32. The Kier molecular flexibility index (Phi) is 5.05. The van der Waals surface area contributed by atoms with E-state index >= 15 is 0 Å². The lowest BCUT2D eigenvalue weighted by Gasteiger charge is -2.19. The van der Waals surface area contributed by atoms with E-state index in [1.807, 2.05) is 24.3 Å². The highest BCUT2D eigenvalue weighted by atomic mass is 16.5. The van der Waals surface area contributed by atoms with Crippen molar-refractivity contribution in [1.82, 2.24) is 9.97 Å². The third-order valence-corrected chi connectivity index (χ3v) is 2.92. The zero-order chi connectivity index (χ0) is 14.4. The van der Waals surface area contributed by atoms with Gasteiger partial charge in [0.25, 0.3) is 0 Å². The number of aliphatic hydroxyl groups excluding tert-OH is 1. The number of hydrogen-bond acceptors (Lipinski definition) is 7. The van der Waals surface area contributed by atoms with Gasteiger partial charge in [-0.05, 0) is 18.6 Å². The van der Waals surface area contributed by atoms with Gasteiger partial charge >= 0.3 is 0 Å². The molecule has 0 aliphatic heterocycles. The quantitative estimate of drug-likeness (QED) is 0.436. The molecule has 2 aromatic rings. The van der Waals surface area contributed by atoms with Crippen LogP contribution in [0.5, 0.6) is 0 Å². The maximum Gasteiger partial charge on any atom is 0.239 e. The standard InChI is InChI=1S/C13H19N5O2/c1-20-8-9(6-7-19)15-12-10-4-2-3-5-11(10)16-13(17-12)18-14/h2-5,9,19H,6-8,14H2,1H3,(H2,15,16,17,18). The van der Waals surface area contributed by atoms with E-state index in [2.05, 4.69) is 20.7 Å². The molecule has 7 nitrogen and oxygen atoms in total. The highest BCUT2D eigenvalue weighted by molar-refractivity contribution is 5.90. The van der Waals surface area contributed by atoms with Gasteiger partial charge in [0.15, 0.2) is 0 Å². The van der Waals surface area contributed by atoms with Crippen molar-refractivity contribution in [2.75, 3.05) is 31.1 Å². The number of hydrazine groups is 1. The van der Waals surface area contributed by atoms with Gasteiger partial charge in [-0.1, -0.05) is 12.1 Å². The largest absolute Gasteiger partial charge is 0.396 e. The summed E-state index contributed by atoms with van der Waals surface area (Å²) in [7, 11) is 1.62. The summed E-state index contributed by atoms with van der Waals surface area (Å²) in [4.78, 5) is 8.61. The fourth-order valence-electron chi connectivity index (χ4n) is 2.00. The van der Waals surface area contributed by atoms with Gasteiger partial charge in [0, 0.05) is 19.1 Å². The summed E-state index contributed by atoms with van der Waals surface area (Å²) >= 11 is 0. The second-order valence-corrected chi connectivity index (χ2v) is 4.37. The molecule has 0 aliphatic carbocycles. The molecule has 20 heavy (non-hydrogen) atoms. The van der Waals surface area contributed by atoms with Crippen LogP contribution in [0.1, 0.15) is 6.42 Å². The number of para-hydroxylation sites is 1. The number of nitrogens with zero attached hydrogens (tertiary/aromatic N) is 2. The molecule has 0 saturated carbocycles. The van der Waals surface area contributed by atoms with E-state index in [4.69, 9.17) is 15.7 Å². The summed E-state index contributed by atoms with van der Waals surface area (Å²) in [6.07, 6.45) is 0.567. The topological polar surface area (TPSA) is 105 Å². The van der Waals surface area contributed by atoms with E-state index in [0.29, 0.717) is 24.8 Å². The van der Waals surface area contributed by atoms with E-state index in [-0.39, 0.29) is 12.6 Å². The number of nitrogens with one attached hydrogen (secondary N) is 2. The average molecular weight is 277 g/mol. The highest BCUT2D eigenvalue weighted by Gasteiger charge is 2.12. The van der Waals surface area contributed by atoms with E-state index in [1.54, 1.807) is 7.11 Å². The molecule has 5 N–H and O–H groups in total. The first-order chi connectivity index (χ1) is 9.78. The first-order valence-corrected chi connectivity index (χ1v) is 6.38. The lowest BCUT2D eigenvalue weighted by atomic mass is 10.2. The van der Waals surface area contributed by atoms with Crippen LogP contribution in [0.15, 0.2) is 24.3 Å². The number of rotatable bonds is 7. The highest BCUT2D eigenvalue weighted by Crippen LogP contribution is 2.22. The van der Waals surface area contributed by atoms with Crippen molar-refractivity contribution in [2.24, 2.45) is 5.84 Å². The van der Waals surface area contributed by atoms with Gasteiger partial charge < -0.3 is 15.2 Å². The van der Waals surface area contributed by atoms with Crippen LogP contribution in [-0.2, 0) is 4.74 Å². The molecular weight excluding hydrogens is 258 g/mol. The molecule has 0 saturated heterocycles. The normalized spacial score (nSPS) is 12.3. The van der Waals surface area contributed by atoms with Crippen molar-refractivity contribution in [3.8, 4) is 0 Å². The summed E-state index contributed by atoms with van der Waals surface area (Å²) in [5.41, 5.74) is 3.24. The maximum atomic E-state index is 9.09. The smallest absolute Gasteiger partial charge is 0.239 e. The van der Waals surface area contributed by atoms with Crippen molar-refractivity contribution >= 4 is 22.7 Å². The summed E-state index contributed by atoms with van der Waals surface area (Å²) in [6, 6.07) is 7.61. The molecule has 1 heterocycles. The molecule has 0 spiro atoms. The summed E-state index contributed by atoms with van der Waals surface area (Å²) in [5.74, 6) is 6.40. The Balaban J connectivity index is 2.35. The van der Waals surface area contributed by atoms with E-state index in [1.165, 1.54) is 0 Å². The summed E-state index contributed by atoms with van der Waals surface area (Å²) in [5, 5.41) is 13.3. The van der Waals surface area contributed by atoms with E-state index in [0.717, 1.165) is 10.9 Å². The predicted octanol–water partition coefficient (Wildman–Crippen LogP) is 0.725. The Morgan fingerprint density at radius 3 is 2.85 bits per heavy atom. The Bertz CT molecular complexity index is 557. The van der Waals surface area contributed by atoms with Crippen molar-refractivity contribution in [1.29, 1.82) is 0 Å². The first kappa shape index (κ1) is 14.4. The van der Waals surface area contributed by atoms with Crippen LogP contribution in [0.3, 0.4) is 0 Å². The maximum absolute atomic E-state index is 9.09. The van der Waals surface area contributed by atoms with E-state index in [9.17, 15) is 0 Å². The van der Waals surface area contributed by atoms with Crippen LogP contribution < -0.4 is 16.6 Å². The molecule has 1 aromatic heterocycles. The third-order valence-electron chi connectivity index (χ3n) is 2.92. The number of anilines is 2. The van der Waals surface area contributed by atoms with Gasteiger partial charge in [0.05, 0.1) is 18.2 Å². The van der Waals surface area contributed by atoms with Crippen LogP contribution in [-0.4, -0.2) is 41.4 Å². The number of ether oxygens (including phenoxy) is 1. The Labute approximate surface area is 117 Å². The van der Waals surface area contributed by atoms with E-state index < -0.39 is 0 Å². The van der Waals surface area contributed by atoms with Crippen LogP contribution in [0, 0.1) is 0 Å². The molecule has 1 atom stereocenters. The lowest BCUT2D eigenvalue weighted by molar-refractivity contribution is 0.170. The van der Waals surface area contributed by atoms with Crippen molar-refractivity contribution in [3.63, 3.8) is 0 Å². The molecule has 1 aromatic carbocycles. The number of nitrogen functional groups attached to an aromatic ring is 1. The molecule has 0 fully saturated rings. The van der Waals surface area contributed by atoms with Crippen LogP contribution in [0.25, 0.3) is 10.9 Å². The number of nitrogens with two attached hydrogens (primary N) is 1. The van der Waals surface area contributed by atoms with Gasteiger partial charge in [0.2, 0.25) is 5.95 Å². The van der Waals surface area contributed by atoms with Gasteiger partial charge in [0.1, 0.15) is 5.82 Å². The SMILES string of the molecule is COCC(CCO)Nc1nc(NN)nc2ccccc12. The average Bonchev–Trinajstić information content (AvgIpc) is 2.47. The first-order valence-electron chi connectivity index (χ1n) is 6.38. The minimum absolute atomic E-state index is 0.0334. The number of hydrogen-bond donors (Lipinski definition) is 4. The molecule has 0 amide bonds. The second kappa shape index (κ2) is 6.99. The number of aromatic nitrogens is 2. The summed E-state index contributed by atoms with van der Waals surface area (Å²) in [6.45, 7) is 0.552.